The Labute approximate surface area is 135 Å². The molecule has 20 heavy (non-hydrogen) atoms. The quantitative estimate of drug-likeness (QED) is 0.639. The van der Waals surface area contributed by atoms with E-state index in [0.717, 1.165) is 23.1 Å². The summed E-state index contributed by atoms with van der Waals surface area (Å²) in [4.78, 5) is 14.8. The molecule has 2 saturated heterocycles. The molecule has 0 radical (unpaired) electrons. The van der Waals surface area contributed by atoms with E-state index in [1.165, 1.54) is 30.3 Å². The largest absolute Gasteiger partial charge is 0.371 e. The Hall–Kier alpha value is -0.850. The van der Waals surface area contributed by atoms with Gasteiger partial charge in [0.15, 0.2) is 0 Å². The molecular formula is C14H13BrN2OS2. The van der Waals surface area contributed by atoms with Crippen LogP contribution in [0.3, 0.4) is 0 Å². The summed E-state index contributed by atoms with van der Waals surface area (Å²) in [5.74, 6) is -0.104. The zero-order valence-corrected chi connectivity index (χ0v) is 13.9. The number of hydrogen-bond donors (Lipinski definition) is 1. The molecule has 0 saturated carbocycles. The number of nitrogens with one attached hydrogen (secondary N) is 1. The number of anilines is 1. The standard InChI is InChI=1S/C14H13BrN2OS2/c15-10-3-4-11(17-5-1-2-6-17)9(7-10)8-12-13(18)16-14(19)20-12/h3-4,7-8H,1-2,5-6H2,(H,16,18,19)/b12-8+. The van der Waals surface area contributed by atoms with Crippen LogP contribution in [0.25, 0.3) is 6.08 Å². The number of halogens is 1. The number of carbonyl (C=O) groups excluding carboxylic acids is 1. The smallest absolute Gasteiger partial charge is 0.263 e. The summed E-state index contributed by atoms with van der Waals surface area (Å²) in [6.07, 6.45) is 4.38. The molecule has 1 N–H and O–H groups in total. The van der Waals surface area contributed by atoms with Crippen LogP contribution in [0.5, 0.6) is 0 Å². The van der Waals surface area contributed by atoms with E-state index >= 15 is 0 Å². The highest BCUT2D eigenvalue weighted by Gasteiger charge is 2.23. The lowest BCUT2D eigenvalue weighted by Crippen LogP contribution is -2.19. The molecule has 2 fully saturated rings. The first-order chi connectivity index (χ1) is 9.63. The van der Waals surface area contributed by atoms with E-state index in [0.29, 0.717) is 9.23 Å². The van der Waals surface area contributed by atoms with Gasteiger partial charge >= 0.3 is 0 Å². The number of carbonyl (C=O) groups is 1. The van der Waals surface area contributed by atoms with Crippen LogP contribution >= 0.6 is 39.9 Å². The van der Waals surface area contributed by atoms with Crippen LogP contribution in [-0.2, 0) is 4.79 Å². The molecule has 3 nitrogen and oxygen atoms in total. The van der Waals surface area contributed by atoms with Crippen LogP contribution in [-0.4, -0.2) is 23.3 Å². The molecule has 1 amide bonds. The molecule has 1 aromatic rings. The van der Waals surface area contributed by atoms with Gasteiger partial charge in [-0.2, -0.15) is 0 Å². The first-order valence-corrected chi connectivity index (χ1v) is 8.44. The Kier molecular flexibility index (Phi) is 4.14. The molecule has 3 rings (SSSR count). The highest BCUT2D eigenvalue weighted by atomic mass is 79.9. The molecular weight excluding hydrogens is 356 g/mol. The van der Waals surface area contributed by atoms with Crippen molar-refractivity contribution >= 4 is 61.9 Å². The zero-order chi connectivity index (χ0) is 14.1. The normalized spacial score (nSPS) is 20.9. The van der Waals surface area contributed by atoms with Crippen LogP contribution in [0.2, 0.25) is 0 Å². The van der Waals surface area contributed by atoms with Gasteiger partial charge in [0.25, 0.3) is 5.91 Å². The van der Waals surface area contributed by atoms with Crippen LogP contribution in [0.1, 0.15) is 18.4 Å². The highest BCUT2D eigenvalue weighted by Crippen LogP contribution is 2.32. The highest BCUT2D eigenvalue weighted by molar-refractivity contribution is 9.10. The minimum atomic E-state index is -0.104. The number of amides is 1. The number of thiocarbonyl (C=S) groups is 1. The van der Waals surface area contributed by atoms with Crippen LogP contribution in [0.15, 0.2) is 27.6 Å². The molecule has 104 valence electrons. The van der Waals surface area contributed by atoms with E-state index in [9.17, 15) is 4.79 Å². The number of hydrogen-bond acceptors (Lipinski definition) is 4. The molecule has 2 aliphatic rings. The molecule has 2 heterocycles. The van der Waals surface area contributed by atoms with Gasteiger partial charge < -0.3 is 10.2 Å². The topological polar surface area (TPSA) is 32.3 Å². The Bertz CT molecular complexity index is 609. The van der Waals surface area contributed by atoms with Crippen molar-refractivity contribution < 1.29 is 4.79 Å². The lowest BCUT2D eigenvalue weighted by molar-refractivity contribution is -0.115. The minimum absolute atomic E-state index is 0.104. The van der Waals surface area contributed by atoms with E-state index < -0.39 is 0 Å². The van der Waals surface area contributed by atoms with Crippen molar-refractivity contribution in [3.8, 4) is 0 Å². The maximum absolute atomic E-state index is 11.8. The van der Waals surface area contributed by atoms with Crippen molar-refractivity contribution in [2.45, 2.75) is 12.8 Å². The second kappa shape index (κ2) is 5.87. The molecule has 2 aliphatic heterocycles. The third-order valence-electron chi connectivity index (χ3n) is 3.36. The van der Waals surface area contributed by atoms with Crippen molar-refractivity contribution in [2.24, 2.45) is 0 Å². The Morgan fingerprint density at radius 2 is 2.10 bits per heavy atom. The molecule has 0 spiro atoms. The van der Waals surface area contributed by atoms with Gasteiger partial charge in [0, 0.05) is 28.8 Å². The number of thioether (sulfide) groups is 1. The lowest BCUT2D eigenvalue weighted by atomic mass is 10.1. The average Bonchev–Trinajstić information content (AvgIpc) is 3.01. The number of benzene rings is 1. The predicted octanol–water partition coefficient (Wildman–Crippen LogP) is 3.54. The van der Waals surface area contributed by atoms with Gasteiger partial charge in [0.1, 0.15) is 4.32 Å². The van der Waals surface area contributed by atoms with E-state index in [1.54, 1.807) is 0 Å². The van der Waals surface area contributed by atoms with Gasteiger partial charge in [-0.15, -0.1) is 0 Å². The second-order valence-electron chi connectivity index (χ2n) is 4.75. The summed E-state index contributed by atoms with van der Waals surface area (Å²) < 4.78 is 1.54. The number of nitrogens with zero attached hydrogens (tertiary/aromatic N) is 1. The van der Waals surface area contributed by atoms with Crippen molar-refractivity contribution in [3.63, 3.8) is 0 Å². The third kappa shape index (κ3) is 2.92. The van der Waals surface area contributed by atoms with Gasteiger partial charge in [-0.1, -0.05) is 39.9 Å². The fraction of sp³-hybridized carbons (Fsp3) is 0.286. The van der Waals surface area contributed by atoms with Gasteiger partial charge in [-0.05, 0) is 37.1 Å². The average molecular weight is 369 g/mol. The van der Waals surface area contributed by atoms with Crippen molar-refractivity contribution in [2.75, 3.05) is 18.0 Å². The van der Waals surface area contributed by atoms with Gasteiger partial charge in [-0.3, -0.25) is 4.79 Å². The maximum Gasteiger partial charge on any atom is 0.263 e. The van der Waals surface area contributed by atoms with Gasteiger partial charge in [0.05, 0.1) is 4.91 Å². The third-order valence-corrected chi connectivity index (χ3v) is 5.02. The summed E-state index contributed by atoms with van der Waals surface area (Å²) in [7, 11) is 0. The first kappa shape index (κ1) is 14.1. The summed E-state index contributed by atoms with van der Waals surface area (Å²) >= 11 is 9.85. The summed E-state index contributed by atoms with van der Waals surface area (Å²) in [5, 5.41) is 2.65. The van der Waals surface area contributed by atoms with E-state index in [1.807, 2.05) is 12.1 Å². The molecule has 6 heteroatoms. The molecule has 0 unspecified atom stereocenters. The molecule has 0 aromatic heterocycles. The van der Waals surface area contributed by atoms with Crippen molar-refractivity contribution in [3.05, 3.63) is 33.1 Å². The van der Waals surface area contributed by atoms with Crippen molar-refractivity contribution in [1.29, 1.82) is 0 Å². The maximum atomic E-state index is 11.8. The Morgan fingerprint density at radius 3 is 2.75 bits per heavy atom. The van der Waals surface area contributed by atoms with Gasteiger partial charge in [-0.25, -0.2) is 0 Å². The number of rotatable bonds is 2. The van der Waals surface area contributed by atoms with Crippen LogP contribution in [0.4, 0.5) is 5.69 Å². The fourth-order valence-electron chi connectivity index (χ4n) is 2.45. The van der Waals surface area contributed by atoms with Crippen LogP contribution in [0, 0.1) is 0 Å². The predicted molar refractivity (Wildman–Crippen MR) is 91.9 cm³/mol. The lowest BCUT2D eigenvalue weighted by Gasteiger charge is -2.20. The van der Waals surface area contributed by atoms with E-state index in [2.05, 4.69) is 38.3 Å². The second-order valence-corrected chi connectivity index (χ2v) is 7.38. The Morgan fingerprint density at radius 1 is 1.35 bits per heavy atom. The zero-order valence-electron chi connectivity index (χ0n) is 10.7. The fourth-order valence-corrected chi connectivity index (χ4v) is 3.86. The summed E-state index contributed by atoms with van der Waals surface area (Å²) in [5.41, 5.74) is 2.24. The van der Waals surface area contributed by atoms with Gasteiger partial charge in [0.2, 0.25) is 0 Å². The molecule has 1 aromatic carbocycles. The summed E-state index contributed by atoms with van der Waals surface area (Å²) in [6.45, 7) is 2.16. The van der Waals surface area contributed by atoms with E-state index in [-0.39, 0.29) is 5.91 Å². The van der Waals surface area contributed by atoms with E-state index in [4.69, 9.17) is 12.2 Å². The Balaban J connectivity index is 1.99. The monoisotopic (exact) mass is 368 g/mol. The SMILES string of the molecule is O=C1NC(=S)S/C1=C/c1cc(Br)ccc1N1CCCC1. The minimum Gasteiger partial charge on any atom is -0.371 e. The molecule has 0 atom stereocenters. The van der Waals surface area contributed by atoms with Crippen molar-refractivity contribution in [1.82, 2.24) is 5.32 Å². The summed E-state index contributed by atoms with van der Waals surface area (Å²) in [6, 6.07) is 6.20. The van der Waals surface area contributed by atoms with Crippen LogP contribution < -0.4 is 10.2 Å². The molecule has 0 bridgehead atoms. The molecule has 0 aliphatic carbocycles. The first-order valence-electron chi connectivity index (χ1n) is 6.43.